The van der Waals surface area contributed by atoms with Crippen molar-refractivity contribution in [2.24, 2.45) is 0 Å². The zero-order valence-electron chi connectivity index (χ0n) is 12.2. The van der Waals surface area contributed by atoms with Gasteiger partial charge < -0.3 is 0 Å². The first-order chi connectivity index (χ1) is 9.97. The zero-order chi connectivity index (χ0) is 14.8. The molecule has 0 fully saturated rings. The zero-order valence-corrected chi connectivity index (χ0v) is 10.2. The van der Waals surface area contributed by atoms with E-state index in [0.29, 0.717) is 18.4 Å². The molecule has 5 rings (SSSR count). The Balaban J connectivity index is 2.07. The molecule has 0 heterocycles. The van der Waals surface area contributed by atoms with Gasteiger partial charge in [-0.3, -0.25) is 10.1 Å². The molecule has 0 N–H and O–H groups in total. The number of hydrogen-bond acceptors (Lipinski definition) is 2. The smallest absolute Gasteiger partial charge is 0.258 e. The molecule has 2 bridgehead atoms. The number of non-ortho nitro benzene ring substituents is 1. The number of rotatable bonds is 1. The van der Waals surface area contributed by atoms with Crippen LogP contribution in [0.4, 0.5) is 5.69 Å². The van der Waals surface area contributed by atoms with E-state index in [1.807, 2.05) is 24.3 Å². The summed E-state index contributed by atoms with van der Waals surface area (Å²) in [5.41, 5.74) is 3.05. The van der Waals surface area contributed by atoms with E-state index >= 15 is 0 Å². The molecular weight excluding hydrogens is 238 g/mol. The van der Waals surface area contributed by atoms with Gasteiger partial charge in [0, 0.05) is 26.7 Å². The number of nitrogens with zero attached hydrogens (tertiary/aromatic N) is 1. The standard InChI is InChI=1S/C16H13NO2/c18-17(19)10-5-6-14-13-7-8-15(16(14)9-10)12-4-2-1-3-11(12)13/h1-6,9,13,15H,7-8H2/t13-,15+/m0/s1/i13D,15D. The molecule has 2 aromatic rings. The van der Waals surface area contributed by atoms with Crippen LogP contribution >= 0.6 is 0 Å². The monoisotopic (exact) mass is 253 g/mol. The van der Waals surface area contributed by atoms with Crippen LogP contribution in [0.5, 0.6) is 0 Å². The highest BCUT2D eigenvalue weighted by molar-refractivity contribution is 5.57. The maximum atomic E-state index is 11.0. The van der Waals surface area contributed by atoms with Crippen molar-refractivity contribution >= 4 is 5.69 Å². The van der Waals surface area contributed by atoms with Crippen molar-refractivity contribution in [2.45, 2.75) is 24.6 Å². The van der Waals surface area contributed by atoms with E-state index in [2.05, 4.69) is 0 Å². The van der Waals surface area contributed by atoms with Crippen LogP contribution in [0.25, 0.3) is 0 Å². The molecule has 94 valence electrons. The van der Waals surface area contributed by atoms with Gasteiger partial charge >= 0.3 is 0 Å². The third-order valence-corrected chi connectivity index (χ3v) is 4.07. The van der Waals surface area contributed by atoms with E-state index in [1.165, 1.54) is 12.1 Å². The van der Waals surface area contributed by atoms with E-state index in [4.69, 9.17) is 2.74 Å². The Labute approximate surface area is 113 Å². The summed E-state index contributed by atoms with van der Waals surface area (Å²) in [7, 11) is 0. The fourth-order valence-corrected chi connectivity index (χ4v) is 3.25. The topological polar surface area (TPSA) is 43.1 Å². The van der Waals surface area contributed by atoms with Crippen molar-refractivity contribution in [3.63, 3.8) is 0 Å². The van der Waals surface area contributed by atoms with Gasteiger partial charge in [-0.2, -0.15) is 0 Å². The number of nitro benzene ring substituents is 1. The maximum absolute atomic E-state index is 11.0. The number of nitro groups is 1. The number of fused-ring (bicyclic) bond motifs is 1. The third-order valence-electron chi connectivity index (χ3n) is 4.07. The van der Waals surface area contributed by atoms with Gasteiger partial charge in [-0.05, 0) is 35.1 Å². The molecule has 3 nitrogen and oxygen atoms in total. The SMILES string of the molecule is [2H][C@]12CC[C@]([2H])(c3ccccc31)c1cc([N+](=O)[O-])ccc12. The van der Waals surface area contributed by atoms with E-state index < -0.39 is 16.7 Å². The van der Waals surface area contributed by atoms with Crippen LogP contribution in [0.15, 0.2) is 42.5 Å². The predicted octanol–water partition coefficient (Wildman–Crippen LogP) is 3.97. The van der Waals surface area contributed by atoms with Crippen LogP contribution in [0.3, 0.4) is 0 Å². The molecule has 19 heavy (non-hydrogen) atoms. The van der Waals surface area contributed by atoms with Crippen LogP contribution in [0.1, 0.15) is 49.6 Å². The lowest BCUT2D eigenvalue weighted by Gasteiger charge is -2.40. The summed E-state index contributed by atoms with van der Waals surface area (Å²) in [5.74, 6) is -1.86. The third kappa shape index (κ3) is 1.38. The highest BCUT2D eigenvalue weighted by Crippen LogP contribution is 2.53. The lowest BCUT2D eigenvalue weighted by molar-refractivity contribution is -0.385. The number of hydrogen-bond donors (Lipinski definition) is 0. The molecule has 0 amide bonds. The second-order valence-corrected chi connectivity index (χ2v) is 4.99. The molecule has 0 aromatic heterocycles. The summed E-state index contributed by atoms with van der Waals surface area (Å²) in [5, 5.41) is 11.0. The normalized spacial score (nSPS) is 32.0. The Morgan fingerprint density at radius 2 is 1.58 bits per heavy atom. The van der Waals surface area contributed by atoms with E-state index in [1.54, 1.807) is 6.07 Å². The average Bonchev–Trinajstić information content (AvgIpc) is 2.50. The summed E-state index contributed by atoms with van der Waals surface area (Å²) in [6.07, 6.45) is 1.11. The summed E-state index contributed by atoms with van der Waals surface area (Å²) in [4.78, 5) is 10.6. The summed E-state index contributed by atoms with van der Waals surface area (Å²) >= 11 is 0. The molecule has 0 saturated carbocycles. The lowest BCUT2D eigenvalue weighted by Crippen LogP contribution is -2.24. The van der Waals surface area contributed by atoms with Gasteiger partial charge in [0.2, 0.25) is 0 Å². The van der Waals surface area contributed by atoms with Crippen LogP contribution < -0.4 is 0 Å². The van der Waals surface area contributed by atoms with Crippen LogP contribution in [-0.4, -0.2) is 4.92 Å². The van der Waals surface area contributed by atoms with Crippen molar-refractivity contribution in [1.29, 1.82) is 0 Å². The highest BCUT2D eigenvalue weighted by Gasteiger charge is 2.37. The highest BCUT2D eigenvalue weighted by atomic mass is 16.6. The van der Waals surface area contributed by atoms with Gasteiger partial charge in [0.1, 0.15) is 0 Å². The number of benzene rings is 2. The summed E-state index contributed by atoms with van der Waals surface area (Å²) < 4.78 is 17.8. The molecule has 3 aliphatic rings. The molecule has 0 saturated heterocycles. The van der Waals surface area contributed by atoms with Gasteiger partial charge in [-0.1, -0.05) is 30.3 Å². The Bertz CT molecular complexity index is 792. The van der Waals surface area contributed by atoms with Crippen molar-refractivity contribution in [2.75, 3.05) is 0 Å². The molecule has 0 spiro atoms. The first-order valence-electron chi connectivity index (χ1n) is 7.36. The molecule has 3 heteroatoms. The van der Waals surface area contributed by atoms with E-state index in [9.17, 15) is 10.1 Å². The van der Waals surface area contributed by atoms with Gasteiger partial charge in [-0.15, -0.1) is 0 Å². The summed E-state index contributed by atoms with van der Waals surface area (Å²) in [6, 6.07) is 12.2. The quantitative estimate of drug-likeness (QED) is 0.570. The van der Waals surface area contributed by atoms with Gasteiger partial charge in [0.25, 0.3) is 5.69 Å². The molecular formula is C16H13NO2. The van der Waals surface area contributed by atoms with Crippen LogP contribution in [0, 0.1) is 10.1 Å². The maximum Gasteiger partial charge on any atom is 0.269 e. The van der Waals surface area contributed by atoms with E-state index in [-0.39, 0.29) is 5.69 Å². The molecule has 2 aromatic carbocycles. The largest absolute Gasteiger partial charge is 0.269 e. The van der Waals surface area contributed by atoms with Gasteiger partial charge in [-0.25, -0.2) is 0 Å². The predicted molar refractivity (Wildman–Crippen MR) is 72.5 cm³/mol. The van der Waals surface area contributed by atoms with Gasteiger partial charge in [0.05, 0.1) is 4.92 Å². The Morgan fingerprint density at radius 3 is 2.21 bits per heavy atom. The fraction of sp³-hybridized carbons (Fsp3) is 0.250. The molecule has 0 aliphatic heterocycles. The van der Waals surface area contributed by atoms with Crippen molar-refractivity contribution in [3.8, 4) is 0 Å². The molecule has 0 radical (unpaired) electrons. The molecule has 2 atom stereocenters. The summed E-state index contributed by atoms with van der Waals surface area (Å²) in [6.45, 7) is 0. The van der Waals surface area contributed by atoms with Gasteiger partial charge in [0.15, 0.2) is 0 Å². The van der Waals surface area contributed by atoms with Crippen molar-refractivity contribution in [3.05, 3.63) is 74.8 Å². The first kappa shape index (κ1) is 8.86. The van der Waals surface area contributed by atoms with Crippen molar-refractivity contribution in [1.82, 2.24) is 0 Å². The fourth-order valence-electron chi connectivity index (χ4n) is 3.25. The molecule has 0 unspecified atom stereocenters. The Kier molecular flexibility index (Phi) is 1.71. The second-order valence-electron chi connectivity index (χ2n) is 4.99. The lowest BCUT2D eigenvalue weighted by atomic mass is 9.64. The minimum absolute atomic E-state index is 0.00555. The van der Waals surface area contributed by atoms with Crippen LogP contribution in [-0.2, 0) is 0 Å². The van der Waals surface area contributed by atoms with Crippen molar-refractivity contribution < 1.29 is 7.66 Å². The van der Waals surface area contributed by atoms with E-state index in [0.717, 1.165) is 16.7 Å². The Morgan fingerprint density at radius 1 is 1.00 bits per heavy atom. The van der Waals surface area contributed by atoms with Crippen LogP contribution in [0.2, 0.25) is 0 Å². The first-order valence-corrected chi connectivity index (χ1v) is 6.36. The Hall–Kier alpha value is -2.16. The molecule has 3 aliphatic carbocycles. The average molecular weight is 253 g/mol. The minimum atomic E-state index is -0.971. The minimum Gasteiger partial charge on any atom is -0.258 e. The second kappa shape index (κ2) is 3.67.